The van der Waals surface area contributed by atoms with Crippen LogP contribution in [-0.4, -0.2) is 51.7 Å². The van der Waals surface area contributed by atoms with Crippen molar-refractivity contribution in [2.45, 2.75) is 83.1 Å². The molecule has 38 heavy (non-hydrogen) atoms. The standard InChI is InChI=1S/C30H41N3O4S/c34-25-13-8-9-22(21-25)16-18-31-19-17-27(36)33(24-11-5-1-2-6-12-24)20-7-3-4-10-23-14-15-26(35)28-29(23)38-30(37)32-28/h8-9,13-15,21,24,31,34-35H,1-7,10-12,16-20H2,(H,32,37). The lowest BCUT2D eigenvalue weighted by Crippen LogP contribution is -2.42. The van der Waals surface area contributed by atoms with Crippen LogP contribution in [-0.2, 0) is 17.6 Å². The van der Waals surface area contributed by atoms with Crippen molar-refractivity contribution in [3.63, 3.8) is 0 Å². The Labute approximate surface area is 228 Å². The molecule has 1 fully saturated rings. The van der Waals surface area contributed by atoms with Crippen LogP contribution in [0.5, 0.6) is 11.5 Å². The third-order valence-electron chi connectivity index (χ3n) is 7.59. The van der Waals surface area contributed by atoms with E-state index >= 15 is 0 Å². The molecule has 0 bridgehead atoms. The summed E-state index contributed by atoms with van der Waals surface area (Å²) in [5.74, 6) is 0.655. The van der Waals surface area contributed by atoms with Crippen LogP contribution in [0.4, 0.5) is 0 Å². The summed E-state index contributed by atoms with van der Waals surface area (Å²) in [4.78, 5) is 29.8. The Morgan fingerprint density at radius 2 is 1.82 bits per heavy atom. The first-order valence-electron chi connectivity index (χ1n) is 14.1. The van der Waals surface area contributed by atoms with E-state index in [1.54, 1.807) is 18.2 Å². The number of carbonyl (C=O) groups excluding carboxylic acids is 1. The Balaban J connectivity index is 1.24. The van der Waals surface area contributed by atoms with Crippen LogP contribution in [0, 0.1) is 0 Å². The number of carbonyl (C=O) groups is 1. The molecule has 0 aliphatic heterocycles. The number of aryl methyl sites for hydroxylation is 1. The lowest BCUT2D eigenvalue weighted by atomic mass is 10.0. The van der Waals surface area contributed by atoms with Crippen molar-refractivity contribution in [2.75, 3.05) is 19.6 Å². The number of phenolic OH excluding ortho intramolecular Hbond substituents is 2. The molecule has 1 heterocycles. The summed E-state index contributed by atoms with van der Waals surface area (Å²) < 4.78 is 0.849. The average Bonchev–Trinajstić information content (AvgIpc) is 3.11. The van der Waals surface area contributed by atoms with Crippen LogP contribution < -0.4 is 10.2 Å². The molecule has 206 valence electrons. The predicted octanol–water partition coefficient (Wildman–Crippen LogP) is 5.49. The minimum absolute atomic E-state index is 0.119. The number of fused-ring (bicyclic) bond motifs is 1. The first kappa shape index (κ1) is 28.2. The summed E-state index contributed by atoms with van der Waals surface area (Å²) in [5.41, 5.74) is 2.72. The van der Waals surface area contributed by atoms with Crippen molar-refractivity contribution in [3.8, 4) is 11.5 Å². The minimum atomic E-state index is -0.144. The molecule has 1 aliphatic carbocycles. The fraction of sp³-hybridized carbons (Fsp3) is 0.533. The molecule has 2 aromatic carbocycles. The quantitative estimate of drug-likeness (QED) is 0.170. The van der Waals surface area contributed by atoms with Gasteiger partial charge < -0.3 is 25.4 Å². The Morgan fingerprint density at radius 1 is 1.00 bits per heavy atom. The maximum absolute atomic E-state index is 13.3. The van der Waals surface area contributed by atoms with E-state index in [-0.39, 0.29) is 22.3 Å². The third-order valence-corrected chi connectivity index (χ3v) is 8.54. The van der Waals surface area contributed by atoms with Gasteiger partial charge in [0.1, 0.15) is 17.0 Å². The van der Waals surface area contributed by atoms with Crippen LogP contribution in [0.25, 0.3) is 10.2 Å². The van der Waals surface area contributed by atoms with Gasteiger partial charge in [-0.1, -0.05) is 61.6 Å². The molecule has 3 aromatic rings. The van der Waals surface area contributed by atoms with Crippen molar-refractivity contribution >= 4 is 27.5 Å². The van der Waals surface area contributed by atoms with Gasteiger partial charge in [-0.05, 0) is 74.4 Å². The normalized spacial score (nSPS) is 14.5. The summed E-state index contributed by atoms with van der Waals surface area (Å²) in [6.45, 7) is 2.24. The van der Waals surface area contributed by atoms with Gasteiger partial charge in [0, 0.05) is 25.6 Å². The summed E-state index contributed by atoms with van der Waals surface area (Å²) in [6, 6.07) is 11.2. The van der Waals surface area contributed by atoms with Gasteiger partial charge in [-0.2, -0.15) is 0 Å². The monoisotopic (exact) mass is 539 g/mol. The maximum Gasteiger partial charge on any atom is 0.305 e. The van der Waals surface area contributed by atoms with Gasteiger partial charge in [-0.25, -0.2) is 0 Å². The van der Waals surface area contributed by atoms with Crippen LogP contribution in [0.1, 0.15) is 75.3 Å². The average molecular weight is 540 g/mol. The topological polar surface area (TPSA) is 106 Å². The minimum Gasteiger partial charge on any atom is -0.508 e. The summed E-state index contributed by atoms with van der Waals surface area (Å²) in [6.07, 6.45) is 12.3. The number of aromatic nitrogens is 1. The number of nitrogens with zero attached hydrogens (tertiary/aromatic N) is 1. The van der Waals surface area contributed by atoms with Gasteiger partial charge >= 0.3 is 4.87 Å². The lowest BCUT2D eigenvalue weighted by molar-refractivity contribution is -0.133. The fourth-order valence-corrected chi connectivity index (χ4v) is 6.43. The first-order valence-corrected chi connectivity index (χ1v) is 14.9. The van der Waals surface area contributed by atoms with Crippen LogP contribution in [0.3, 0.4) is 0 Å². The van der Waals surface area contributed by atoms with E-state index in [1.165, 1.54) is 25.7 Å². The van der Waals surface area contributed by atoms with Gasteiger partial charge in [0.25, 0.3) is 0 Å². The van der Waals surface area contributed by atoms with Crippen LogP contribution >= 0.6 is 11.3 Å². The molecular formula is C30H41N3O4S. The van der Waals surface area contributed by atoms with Gasteiger partial charge in [0.2, 0.25) is 5.91 Å². The van der Waals surface area contributed by atoms with Crippen molar-refractivity contribution in [1.29, 1.82) is 0 Å². The number of aromatic hydroxyl groups is 2. The van der Waals surface area contributed by atoms with Gasteiger partial charge in [0.15, 0.2) is 0 Å². The second-order valence-electron chi connectivity index (χ2n) is 10.4. The number of phenols is 2. The Bertz CT molecular complexity index is 1230. The SMILES string of the molecule is O=C(CCNCCc1cccc(O)c1)N(CCCCCc1ccc(O)c2[nH]c(=O)sc12)C1CCCCCC1. The lowest BCUT2D eigenvalue weighted by Gasteiger charge is -2.31. The molecule has 1 amide bonds. The molecule has 1 aromatic heterocycles. The van der Waals surface area contributed by atoms with Crippen molar-refractivity contribution in [2.24, 2.45) is 0 Å². The molecule has 0 unspecified atom stereocenters. The Morgan fingerprint density at radius 3 is 2.61 bits per heavy atom. The van der Waals surface area contributed by atoms with E-state index in [9.17, 15) is 19.8 Å². The number of hydrogen-bond donors (Lipinski definition) is 4. The third kappa shape index (κ3) is 8.08. The number of unbranched alkanes of at least 4 members (excludes halogenated alkanes) is 2. The number of hydrogen-bond acceptors (Lipinski definition) is 6. The number of rotatable bonds is 13. The second kappa shape index (κ2) is 14.4. The number of aromatic amines is 1. The van der Waals surface area contributed by atoms with Crippen LogP contribution in [0.2, 0.25) is 0 Å². The molecule has 8 heteroatoms. The zero-order chi connectivity index (χ0) is 26.7. The van der Waals surface area contributed by atoms with Crippen molar-refractivity contribution in [3.05, 3.63) is 57.2 Å². The zero-order valence-electron chi connectivity index (χ0n) is 22.2. The molecule has 7 nitrogen and oxygen atoms in total. The molecule has 4 rings (SSSR count). The van der Waals surface area contributed by atoms with Crippen molar-refractivity contribution < 1.29 is 15.0 Å². The van der Waals surface area contributed by atoms with Gasteiger partial charge in [0.05, 0.1) is 4.70 Å². The molecule has 1 saturated carbocycles. The van der Waals surface area contributed by atoms with E-state index in [0.29, 0.717) is 24.5 Å². The highest BCUT2D eigenvalue weighted by atomic mass is 32.1. The highest BCUT2D eigenvalue weighted by molar-refractivity contribution is 7.16. The summed E-state index contributed by atoms with van der Waals surface area (Å²) >= 11 is 1.16. The number of nitrogens with one attached hydrogen (secondary N) is 2. The van der Waals surface area contributed by atoms with E-state index in [1.807, 2.05) is 18.2 Å². The van der Waals surface area contributed by atoms with Gasteiger partial charge in [-0.15, -0.1) is 0 Å². The molecule has 0 saturated heterocycles. The largest absolute Gasteiger partial charge is 0.508 e. The van der Waals surface area contributed by atoms with E-state index in [2.05, 4.69) is 15.2 Å². The van der Waals surface area contributed by atoms with Crippen molar-refractivity contribution in [1.82, 2.24) is 15.2 Å². The number of benzene rings is 2. The predicted molar refractivity (Wildman–Crippen MR) is 154 cm³/mol. The molecule has 0 spiro atoms. The molecule has 4 N–H and O–H groups in total. The zero-order valence-corrected chi connectivity index (χ0v) is 23.0. The smallest absolute Gasteiger partial charge is 0.305 e. The van der Waals surface area contributed by atoms with Crippen LogP contribution in [0.15, 0.2) is 41.2 Å². The molecule has 1 aliphatic rings. The highest BCUT2D eigenvalue weighted by Gasteiger charge is 2.24. The van der Waals surface area contributed by atoms with E-state index in [4.69, 9.17) is 0 Å². The molecular weight excluding hydrogens is 498 g/mol. The summed E-state index contributed by atoms with van der Waals surface area (Å²) in [7, 11) is 0. The molecule has 0 atom stereocenters. The fourth-order valence-electron chi connectivity index (χ4n) is 5.53. The van der Waals surface area contributed by atoms with Gasteiger partial charge in [-0.3, -0.25) is 9.59 Å². The highest BCUT2D eigenvalue weighted by Crippen LogP contribution is 2.29. The maximum atomic E-state index is 13.3. The molecule has 0 radical (unpaired) electrons. The number of H-pyrrole nitrogens is 1. The first-order chi connectivity index (χ1) is 18.5. The number of thiazole rings is 1. The Hall–Kier alpha value is -2.84. The number of amides is 1. The van der Waals surface area contributed by atoms with E-state index < -0.39 is 0 Å². The summed E-state index contributed by atoms with van der Waals surface area (Å²) in [5, 5.41) is 23.0. The Kier molecular flexibility index (Phi) is 10.6. The second-order valence-corrected chi connectivity index (χ2v) is 11.4. The van der Waals surface area contributed by atoms with E-state index in [0.717, 1.165) is 85.2 Å².